The van der Waals surface area contributed by atoms with E-state index in [1.54, 1.807) is 24.3 Å². The molecule has 1 aromatic heterocycles. The monoisotopic (exact) mass is 395 g/mol. The molecule has 136 valence electrons. The molecule has 0 radical (unpaired) electrons. The van der Waals surface area contributed by atoms with Crippen LogP contribution < -0.4 is 0 Å². The van der Waals surface area contributed by atoms with Gasteiger partial charge in [-0.3, -0.25) is 0 Å². The number of aromatic nitrogens is 1. The van der Waals surface area contributed by atoms with Crippen LogP contribution >= 0.6 is 11.6 Å². The van der Waals surface area contributed by atoms with Crippen molar-refractivity contribution in [1.82, 2.24) is 3.97 Å². The predicted molar refractivity (Wildman–Crippen MR) is 111 cm³/mol. The van der Waals surface area contributed by atoms with Gasteiger partial charge in [0.05, 0.1) is 16.1 Å². The van der Waals surface area contributed by atoms with Crippen LogP contribution in [0.15, 0.2) is 77.7 Å². The standard InChI is InChI=1S/C22H18ClNO2S/c1-15-8-11-19(12-9-15)27(25,26)24-21-13-10-18(23)14-20(21)16(2)22(24)17-6-4-3-5-7-17/h3-14H,1-2H3. The minimum Gasteiger partial charge on any atom is -0.233 e. The van der Waals surface area contributed by atoms with E-state index in [9.17, 15) is 8.42 Å². The Labute approximate surface area is 163 Å². The topological polar surface area (TPSA) is 39.1 Å². The predicted octanol–water partition coefficient (Wildman–Crippen LogP) is 5.82. The van der Waals surface area contributed by atoms with Gasteiger partial charge in [-0.2, -0.15) is 0 Å². The Morgan fingerprint density at radius 1 is 0.852 bits per heavy atom. The van der Waals surface area contributed by atoms with Gasteiger partial charge in [0.2, 0.25) is 0 Å². The van der Waals surface area contributed by atoms with Crippen LogP contribution in [-0.4, -0.2) is 12.4 Å². The average molecular weight is 396 g/mol. The van der Waals surface area contributed by atoms with Gasteiger partial charge in [-0.05, 0) is 55.3 Å². The van der Waals surface area contributed by atoms with Gasteiger partial charge in [0, 0.05) is 10.4 Å². The smallest absolute Gasteiger partial charge is 0.233 e. The Morgan fingerprint density at radius 3 is 2.19 bits per heavy atom. The summed E-state index contributed by atoms with van der Waals surface area (Å²) in [5, 5.41) is 1.41. The molecule has 0 aliphatic carbocycles. The van der Waals surface area contributed by atoms with E-state index in [0.717, 1.165) is 22.1 Å². The minimum absolute atomic E-state index is 0.261. The second-order valence-corrected chi connectivity index (χ2v) is 8.81. The van der Waals surface area contributed by atoms with Crippen molar-refractivity contribution in [2.24, 2.45) is 0 Å². The van der Waals surface area contributed by atoms with Gasteiger partial charge >= 0.3 is 0 Å². The summed E-state index contributed by atoms with van der Waals surface area (Å²) >= 11 is 6.19. The summed E-state index contributed by atoms with van der Waals surface area (Å²) in [4.78, 5) is 0.261. The van der Waals surface area contributed by atoms with Gasteiger partial charge in [0.1, 0.15) is 0 Å². The molecule has 0 amide bonds. The molecule has 0 unspecified atom stereocenters. The Morgan fingerprint density at radius 2 is 1.52 bits per heavy atom. The summed E-state index contributed by atoms with van der Waals surface area (Å²) in [5.74, 6) is 0. The van der Waals surface area contributed by atoms with E-state index in [1.807, 2.05) is 62.4 Å². The van der Waals surface area contributed by atoms with Crippen molar-refractivity contribution in [3.8, 4) is 11.3 Å². The fourth-order valence-corrected chi connectivity index (χ4v) is 5.14. The Balaban J connectivity index is 2.12. The molecule has 0 saturated carbocycles. The zero-order chi connectivity index (χ0) is 19.2. The number of nitrogens with zero attached hydrogens (tertiary/aromatic N) is 1. The fourth-order valence-electron chi connectivity index (χ4n) is 3.38. The van der Waals surface area contributed by atoms with E-state index in [1.165, 1.54) is 3.97 Å². The quantitative estimate of drug-likeness (QED) is 0.438. The molecule has 0 saturated heterocycles. The minimum atomic E-state index is -3.78. The van der Waals surface area contributed by atoms with Gasteiger partial charge in [0.15, 0.2) is 0 Å². The lowest BCUT2D eigenvalue weighted by molar-refractivity contribution is 0.589. The van der Waals surface area contributed by atoms with E-state index >= 15 is 0 Å². The van der Waals surface area contributed by atoms with E-state index in [4.69, 9.17) is 11.6 Å². The van der Waals surface area contributed by atoms with Crippen molar-refractivity contribution in [3.05, 3.63) is 88.9 Å². The number of rotatable bonds is 3. The van der Waals surface area contributed by atoms with Crippen LogP contribution in [0.25, 0.3) is 22.2 Å². The maximum absolute atomic E-state index is 13.6. The Hall–Kier alpha value is -2.56. The van der Waals surface area contributed by atoms with E-state index in [-0.39, 0.29) is 4.90 Å². The zero-order valence-electron chi connectivity index (χ0n) is 15.0. The summed E-state index contributed by atoms with van der Waals surface area (Å²) < 4.78 is 28.6. The highest BCUT2D eigenvalue weighted by Crippen LogP contribution is 2.37. The maximum Gasteiger partial charge on any atom is 0.268 e. The first-order chi connectivity index (χ1) is 12.9. The number of hydrogen-bond donors (Lipinski definition) is 0. The lowest BCUT2D eigenvalue weighted by Gasteiger charge is -2.13. The number of hydrogen-bond acceptors (Lipinski definition) is 2. The average Bonchev–Trinajstić information content (AvgIpc) is 2.96. The van der Waals surface area contributed by atoms with E-state index < -0.39 is 10.0 Å². The summed E-state index contributed by atoms with van der Waals surface area (Å²) in [5.41, 5.74) is 4.02. The van der Waals surface area contributed by atoms with Crippen molar-refractivity contribution < 1.29 is 8.42 Å². The second kappa shape index (κ2) is 6.55. The molecule has 0 spiro atoms. The van der Waals surface area contributed by atoms with Crippen LogP contribution in [-0.2, 0) is 10.0 Å². The maximum atomic E-state index is 13.6. The molecule has 0 aliphatic heterocycles. The van der Waals surface area contributed by atoms with Crippen LogP contribution in [0.3, 0.4) is 0 Å². The largest absolute Gasteiger partial charge is 0.268 e. The molecule has 3 aromatic carbocycles. The van der Waals surface area contributed by atoms with E-state index in [0.29, 0.717) is 16.2 Å². The van der Waals surface area contributed by atoms with Crippen LogP contribution in [0, 0.1) is 13.8 Å². The lowest BCUT2D eigenvalue weighted by atomic mass is 10.1. The fraction of sp³-hybridized carbons (Fsp3) is 0.0909. The second-order valence-electron chi connectivity index (χ2n) is 6.58. The summed E-state index contributed by atoms with van der Waals surface area (Å²) in [6, 6.07) is 21.8. The normalized spacial score (nSPS) is 11.8. The van der Waals surface area contributed by atoms with Crippen molar-refractivity contribution in [2.75, 3.05) is 0 Å². The molecule has 0 fully saturated rings. The number of fused-ring (bicyclic) bond motifs is 1. The molecule has 1 heterocycles. The van der Waals surface area contributed by atoms with Crippen LogP contribution in [0.4, 0.5) is 0 Å². The van der Waals surface area contributed by atoms with Gasteiger partial charge < -0.3 is 0 Å². The van der Waals surface area contributed by atoms with Gasteiger partial charge in [0.25, 0.3) is 10.0 Å². The van der Waals surface area contributed by atoms with Gasteiger partial charge in [-0.1, -0.05) is 59.6 Å². The molecular weight excluding hydrogens is 378 g/mol. The van der Waals surface area contributed by atoms with Crippen LogP contribution in [0.1, 0.15) is 11.1 Å². The zero-order valence-corrected chi connectivity index (χ0v) is 16.6. The molecule has 0 bridgehead atoms. The lowest BCUT2D eigenvalue weighted by Crippen LogP contribution is -2.14. The van der Waals surface area contributed by atoms with Crippen molar-refractivity contribution in [1.29, 1.82) is 0 Å². The van der Waals surface area contributed by atoms with Gasteiger partial charge in [-0.15, -0.1) is 0 Å². The third kappa shape index (κ3) is 2.95. The Bertz CT molecular complexity index is 1240. The molecule has 3 nitrogen and oxygen atoms in total. The summed E-state index contributed by atoms with van der Waals surface area (Å²) in [6.07, 6.45) is 0. The third-order valence-corrected chi connectivity index (χ3v) is 6.71. The number of halogens is 1. The molecule has 0 N–H and O–H groups in total. The summed E-state index contributed by atoms with van der Waals surface area (Å²) in [6.45, 7) is 3.87. The molecule has 5 heteroatoms. The number of aryl methyl sites for hydroxylation is 2. The van der Waals surface area contributed by atoms with Crippen molar-refractivity contribution in [3.63, 3.8) is 0 Å². The van der Waals surface area contributed by atoms with Gasteiger partial charge in [-0.25, -0.2) is 12.4 Å². The third-order valence-electron chi connectivity index (χ3n) is 4.75. The van der Waals surface area contributed by atoms with E-state index in [2.05, 4.69) is 0 Å². The summed E-state index contributed by atoms with van der Waals surface area (Å²) in [7, 11) is -3.78. The number of benzene rings is 3. The van der Waals surface area contributed by atoms with Crippen LogP contribution in [0.5, 0.6) is 0 Å². The van der Waals surface area contributed by atoms with Crippen molar-refractivity contribution >= 4 is 32.5 Å². The first kappa shape index (κ1) is 17.8. The molecule has 27 heavy (non-hydrogen) atoms. The highest BCUT2D eigenvalue weighted by atomic mass is 35.5. The molecule has 0 atom stereocenters. The molecule has 4 rings (SSSR count). The molecular formula is C22H18ClNO2S. The SMILES string of the molecule is Cc1ccc(S(=O)(=O)n2c(-c3ccccc3)c(C)c3cc(Cl)ccc32)cc1. The molecule has 4 aromatic rings. The van der Waals surface area contributed by atoms with Crippen LogP contribution in [0.2, 0.25) is 5.02 Å². The highest BCUT2D eigenvalue weighted by Gasteiger charge is 2.26. The molecule has 0 aliphatic rings. The first-order valence-corrected chi connectivity index (χ1v) is 10.4. The van der Waals surface area contributed by atoms with Crippen molar-refractivity contribution in [2.45, 2.75) is 18.7 Å². The highest BCUT2D eigenvalue weighted by molar-refractivity contribution is 7.90. The first-order valence-electron chi connectivity index (χ1n) is 8.58. The Kier molecular flexibility index (Phi) is 4.33.